The van der Waals surface area contributed by atoms with Gasteiger partial charge in [-0.15, -0.1) is 0 Å². The molecule has 0 amide bonds. The standard InChI is InChI=1S/C18H17N3O3S/c1-24-17-10-6-5-9-16(17)20-14-11-12-18(19-13-14)21-25(22,23)15-7-3-2-4-8-15/h2-13,20H,1H3,(H,19,21). The van der Waals surface area contributed by atoms with E-state index in [9.17, 15) is 8.42 Å². The Labute approximate surface area is 146 Å². The molecule has 0 aliphatic heterocycles. The SMILES string of the molecule is COc1ccccc1Nc1ccc(NS(=O)(=O)c2ccccc2)nc1. The summed E-state index contributed by atoms with van der Waals surface area (Å²) >= 11 is 0. The predicted octanol–water partition coefficient (Wildman–Crippen LogP) is 3.63. The minimum absolute atomic E-state index is 0.188. The Bertz CT molecular complexity index is 943. The molecule has 1 aromatic heterocycles. The van der Waals surface area contributed by atoms with Crippen LogP contribution in [0.2, 0.25) is 0 Å². The first-order chi connectivity index (χ1) is 12.1. The zero-order chi connectivity index (χ0) is 17.7. The van der Waals surface area contributed by atoms with Gasteiger partial charge in [-0.1, -0.05) is 30.3 Å². The van der Waals surface area contributed by atoms with Crippen LogP contribution in [-0.2, 0) is 10.0 Å². The first kappa shape index (κ1) is 16.8. The summed E-state index contributed by atoms with van der Waals surface area (Å²) < 4.78 is 32.3. The highest BCUT2D eigenvalue weighted by Gasteiger charge is 2.14. The average Bonchev–Trinajstić information content (AvgIpc) is 2.64. The molecule has 0 spiro atoms. The van der Waals surface area contributed by atoms with E-state index in [1.165, 1.54) is 12.1 Å². The van der Waals surface area contributed by atoms with Gasteiger partial charge in [0.05, 0.1) is 29.6 Å². The number of hydrogen-bond donors (Lipinski definition) is 2. The summed E-state index contributed by atoms with van der Waals surface area (Å²) in [6.07, 6.45) is 1.55. The lowest BCUT2D eigenvalue weighted by atomic mass is 10.3. The number of aromatic nitrogens is 1. The van der Waals surface area contributed by atoms with Gasteiger partial charge in [0.25, 0.3) is 10.0 Å². The van der Waals surface area contributed by atoms with Crippen LogP contribution < -0.4 is 14.8 Å². The monoisotopic (exact) mass is 355 g/mol. The van der Waals surface area contributed by atoms with Crippen molar-refractivity contribution in [3.63, 3.8) is 0 Å². The van der Waals surface area contributed by atoms with Gasteiger partial charge in [0.1, 0.15) is 11.6 Å². The van der Waals surface area contributed by atoms with Crippen molar-refractivity contribution < 1.29 is 13.2 Å². The largest absolute Gasteiger partial charge is 0.495 e. The number of para-hydroxylation sites is 2. The summed E-state index contributed by atoms with van der Waals surface area (Å²) in [6, 6.07) is 19.0. The number of rotatable bonds is 6. The molecule has 0 saturated carbocycles. The van der Waals surface area contributed by atoms with Crippen molar-refractivity contribution in [2.45, 2.75) is 4.90 Å². The third-order valence-corrected chi connectivity index (χ3v) is 4.81. The number of nitrogens with zero attached hydrogens (tertiary/aromatic N) is 1. The Kier molecular flexibility index (Phi) is 4.85. The smallest absolute Gasteiger partial charge is 0.263 e. The van der Waals surface area contributed by atoms with Gasteiger partial charge >= 0.3 is 0 Å². The molecule has 0 fully saturated rings. The highest BCUT2D eigenvalue weighted by atomic mass is 32.2. The number of pyridine rings is 1. The first-order valence-electron chi connectivity index (χ1n) is 7.52. The number of methoxy groups -OCH3 is 1. The van der Waals surface area contributed by atoms with Gasteiger partial charge in [0.2, 0.25) is 0 Å². The van der Waals surface area contributed by atoms with Gasteiger partial charge in [-0.3, -0.25) is 4.72 Å². The van der Waals surface area contributed by atoms with Crippen molar-refractivity contribution in [3.05, 3.63) is 72.9 Å². The Morgan fingerprint density at radius 1 is 0.920 bits per heavy atom. The first-order valence-corrected chi connectivity index (χ1v) is 9.01. The number of ether oxygens (including phenoxy) is 1. The Morgan fingerprint density at radius 2 is 1.64 bits per heavy atom. The molecule has 7 heteroatoms. The fourth-order valence-corrected chi connectivity index (χ4v) is 3.26. The van der Waals surface area contributed by atoms with E-state index in [1.54, 1.807) is 43.6 Å². The summed E-state index contributed by atoms with van der Waals surface area (Å²) in [5.74, 6) is 0.950. The summed E-state index contributed by atoms with van der Waals surface area (Å²) in [6.45, 7) is 0. The van der Waals surface area contributed by atoms with Gasteiger partial charge in [-0.25, -0.2) is 13.4 Å². The molecular formula is C18H17N3O3S. The van der Waals surface area contributed by atoms with E-state index in [0.29, 0.717) is 11.4 Å². The second-order valence-corrected chi connectivity index (χ2v) is 6.86. The summed E-state index contributed by atoms with van der Waals surface area (Å²) in [4.78, 5) is 4.34. The minimum Gasteiger partial charge on any atom is -0.495 e. The van der Waals surface area contributed by atoms with Crippen LogP contribution >= 0.6 is 0 Å². The zero-order valence-corrected chi connectivity index (χ0v) is 14.3. The molecule has 1 heterocycles. The number of benzene rings is 2. The van der Waals surface area contributed by atoms with Crippen molar-refractivity contribution in [2.24, 2.45) is 0 Å². The lowest BCUT2D eigenvalue weighted by molar-refractivity contribution is 0.417. The highest BCUT2D eigenvalue weighted by Crippen LogP contribution is 2.27. The number of sulfonamides is 1. The van der Waals surface area contributed by atoms with Gasteiger partial charge in [0, 0.05) is 0 Å². The summed E-state index contributed by atoms with van der Waals surface area (Å²) in [5, 5.41) is 3.18. The van der Waals surface area contributed by atoms with Crippen LogP contribution in [0.4, 0.5) is 17.2 Å². The molecule has 0 unspecified atom stereocenters. The highest BCUT2D eigenvalue weighted by molar-refractivity contribution is 7.92. The molecule has 128 valence electrons. The van der Waals surface area contributed by atoms with Crippen LogP contribution in [0.1, 0.15) is 0 Å². The maximum atomic E-state index is 12.3. The topological polar surface area (TPSA) is 80.3 Å². The Balaban J connectivity index is 1.74. The van der Waals surface area contributed by atoms with Crippen LogP contribution in [0.3, 0.4) is 0 Å². The van der Waals surface area contributed by atoms with E-state index in [4.69, 9.17) is 4.74 Å². The van der Waals surface area contributed by atoms with Gasteiger partial charge in [-0.05, 0) is 36.4 Å². The van der Waals surface area contributed by atoms with E-state index in [-0.39, 0.29) is 10.7 Å². The summed E-state index contributed by atoms with van der Waals surface area (Å²) in [7, 11) is -2.05. The van der Waals surface area contributed by atoms with Crippen LogP contribution in [0.25, 0.3) is 0 Å². The Morgan fingerprint density at radius 3 is 2.32 bits per heavy atom. The molecule has 3 aromatic rings. The lowest BCUT2D eigenvalue weighted by Gasteiger charge is -2.11. The van der Waals surface area contributed by atoms with E-state index in [1.807, 2.05) is 24.3 Å². The third-order valence-electron chi connectivity index (χ3n) is 3.44. The van der Waals surface area contributed by atoms with Crippen molar-refractivity contribution in [2.75, 3.05) is 17.1 Å². The number of hydrogen-bond acceptors (Lipinski definition) is 5. The molecule has 6 nitrogen and oxygen atoms in total. The Hall–Kier alpha value is -3.06. The summed E-state index contributed by atoms with van der Waals surface area (Å²) in [5.41, 5.74) is 1.51. The molecule has 0 aliphatic rings. The average molecular weight is 355 g/mol. The molecule has 2 N–H and O–H groups in total. The fraction of sp³-hybridized carbons (Fsp3) is 0.0556. The normalized spacial score (nSPS) is 10.9. The van der Waals surface area contributed by atoms with Gasteiger partial charge in [0.15, 0.2) is 0 Å². The number of anilines is 3. The van der Waals surface area contributed by atoms with E-state index >= 15 is 0 Å². The second kappa shape index (κ2) is 7.23. The van der Waals surface area contributed by atoms with Gasteiger partial charge < -0.3 is 10.1 Å². The molecule has 0 saturated heterocycles. The molecule has 0 atom stereocenters. The second-order valence-electron chi connectivity index (χ2n) is 5.18. The molecular weight excluding hydrogens is 338 g/mol. The van der Waals surface area contributed by atoms with E-state index < -0.39 is 10.0 Å². The maximum absolute atomic E-state index is 12.3. The van der Waals surface area contributed by atoms with Crippen molar-refractivity contribution >= 4 is 27.2 Å². The van der Waals surface area contributed by atoms with Gasteiger partial charge in [-0.2, -0.15) is 0 Å². The molecule has 25 heavy (non-hydrogen) atoms. The quantitative estimate of drug-likeness (QED) is 0.706. The predicted molar refractivity (Wildman–Crippen MR) is 97.8 cm³/mol. The van der Waals surface area contributed by atoms with E-state index in [2.05, 4.69) is 15.0 Å². The third kappa shape index (κ3) is 4.07. The van der Waals surface area contributed by atoms with E-state index in [0.717, 1.165) is 5.69 Å². The van der Waals surface area contributed by atoms with Crippen molar-refractivity contribution in [3.8, 4) is 5.75 Å². The molecule has 0 aliphatic carbocycles. The number of nitrogens with one attached hydrogen (secondary N) is 2. The lowest BCUT2D eigenvalue weighted by Crippen LogP contribution is -2.13. The molecule has 2 aromatic carbocycles. The molecule has 3 rings (SSSR count). The fourth-order valence-electron chi connectivity index (χ4n) is 2.23. The zero-order valence-electron chi connectivity index (χ0n) is 13.5. The van der Waals surface area contributed by atoms with Crippen molar-refractivity contribution in [1.29, 1.82) is 0 Å². The van der Waals surface area contributed by atoms with Crippen LogP contribution in [0.15, 0.2) is 77.8 Å². The molecule has 0 bridgehead atoms. The molecule has 0 radical (unpaired) electrons. The van der Waals surface area contributed by atoms with Crippen LogP contribution in [-0.4, -0.2) is 20.5 Å². The maximum Gasteiger partial charge on any atom is 0.263 e. The van der Waals surface area contributed by atoms with Crippen molar-refractivity contribution in [1.82, 2.24) is 4.98 Å². The van der Waals surface area contributed by atoms with Crippen LogP contribution in [0, 0.1) is 0 Å². The van der Waals surface area contributed by atoms with Crippen LogP contribution in [0.5, 0.6) is 5.75 Å². The minimum atomic E-state index is -3.65.